The molecule has 1 aromatic carbocycles. The second-order valence-electron chi connectivity index (χ2n) is 5.62. The predicted octanol–water partition coefficient (Wildman–Crippen LogP) is 1.71. The van der Waals surface area contributed by atoms with Gasteiger partial charge in [-0.05, 0) is 47.0 Å². The van der Waals surface area contributed by atoms with Gasteiger partial charge in [-0.3, -0.25) is 4.98 Å². The maximum absolute atomic E-state index is 12.7. The Hall–Kier alpha value is -2.61. The molecular formula is C16H17N5O2S. The summed E-state index contributed by atoms with van der Waals surface area (Å²) in [6, 6.07) is 14.6. The second kappa shape index (κ2) is 6.88. The van der Waals surface area contributed by atoms with Gasteiger partial charge in [0.1, 0.15) is 0 Å². The van der Waals surface area contributed by atoms with E-state index < -0.39 is 9.84 Å². The molecule has 0 spiro atoms. The Morgan fingerprint density at radius 3 is 2.54 bits per heavy atom. The molecule has 3 rings (SSSR count). The molecule has 0 amide bonds. The Balaban J connectivity index is 1.80. The minimum atomic E-state index is -3.62. The van der Waals surface area contributed by atoms with Gasteiger partial charge < -0.3 is 0 Å². The van der Waals surface area contributed by atoms with Crippen molar-refractivity contribution in [3.8, 4) is 5.69 Å². The highest BCUT2D eigenvalue weighted by atomic mass is 32.2. The molecule has 1 atom stereocenters. The van der Waals surface area contributed by atoms with Gasteiger partial charge in [0.15, 0.2) is 0 Å². The van der Waals surface area contributed by atoms with Crippen LogP contribution in [0.25, 0.3) is 5.69 Å². The van der Waals surface area contributed by atoms with E-state index in [0.29, 0.717) is 12.1 Å². The van der Waals surface area contributed by atoms with Crippen molar-refractivity contribution in [1.82, 2.24) is 25.2 Å². The molecule has 0 N–H and O–H groups in total. The molecule has 2 heterocycles. The van der Waals surface area contributed by atoms with Crippen molar-refractivity contribution >= 4 is 9.84 Å². The average Bonchev–Trinajstić information content (AvgIpc) is 3.06. The van der Waals surface area contributed by atoms with Gasteiger partial charge >= 0.3 is 0 Å². The van der Waals surface area contributed by atoms with Crippen molar-refractivity contribution in [1.29, 1.82) is 0 Å². The SMILES string of the molecule is CC(Cc1ccccn1)CS(=O)(=O)c1nnnn1-c1ccccc1. The first-order valence-electron chi connectivity index (χ1n) is 7.53. The zero-order valence-electron chi connectivity index (χ0n) is 13.1. The van der Waals surface area contributed by atoms with Crippen molar-refractivity contribution in [3.05, 3.63) is 60.4 Å². The molecule has 8 heteroatoms. The fraction of sp³-hybridized carbons (Fsp3) is 0.250. The number of nitrogens with zero attached hydrogens (tertiary/aromatic N) is 5. The number of hydrogen-bond donors (Lipinski definition) is 0. The number of sulfone groups is 1. The number of para-hydroxylation sites is 1. The molecule has 0 bridgehead atoms. The van der Waals surface area contributed by atoms with Crippen LogP contribution in [-0.2, 0) is 16.3 Å². The third-order valence-corrected chi connectivity index (χ3v) is 5.33. The van der Waals surface area contributed by atoms with Crippen molar-refractivity contribution in [2.24, 2.45) is 5.92 Å². The van der Waals surface area contributed by atoms with E-state index >= 15 is 0 Å². The monoisotopic (exact) mass is 343 g/mol. The molecule has 0 aliphatic rings. The Bertz CT molecular complexity index is 894. The van der Waals surface area contributed by atoms with Gasteiger partial charge in [0.25, 0.3) is 5.16 Å². The van der Waals surface area contributed by atoms with Crippen LogP contribution in [0.15, 0.2) is 59.9 Å². The summed E-state index contributed by atoms with van der Waals surface area (Å²) in [6.07, 6.45) is 2.28. The topological polar surface area (TPSA) is 90.6 Å². The van der Waals surface area contributed by atoms with Crippen LogP contribution in [0.1, 0.15) is 12.6 Å². The van der Waals surface area contributed by atoms with Gasteiger partial charge in [-0.1, -0.05) is 36.3 Å². The molecule has 0 saturated heterocycles. The zero-order chi connectivity index (χ0) is 17.0. The van der Waals surface area contributed by atoms with Crippen LogP contribution in [-0.4, -0.2) is 39.4 Å². The molecular weight excluding hydrogens is 326 g/mol. The van der Waals surface area contributed by atoms with E-state index in [1.807, 2.05) is 31.2 Å². The summed E-state index contributed by atoms with van der Waals surface area (Å²) in [4.78, 5) is 4.24. The lowest BCUT2D eigenvalue weighted by molar-refractivity contribution is 0.555. The molecule has 0 aliphatic heterocycles. The Kier molecular flexibility index (Phi) is 4.66. The molecule has 0 fully saturated rings. The Labute approximate surface area is 140 Å². The molecule has 0 aliphatic carbocycles. The first-order chi connectivity index (χ1) is 11.6. The molecule has 24 heavy (non-hydrogen) atoms. The third kappa shape index (κ3) is 3.65. The summed E-state index contributed by atoms with van der Waals surface area (Å²) in [6.45, 7) is 1.88. The van der Waals surface area contributed by atoms with Gasteiger partial charge in [0.05, 0.1) is 11.4 Å². The van der Waals surface area contributed by atoms with E-state index in [1.54, 1.807) is 30.5 Å². The number of hydrogen-bond acceptors (Lipinski definition) is 6. The minimum Gasteiger partial charge on any atom is -0.261 e. The van der Waals surface area contributed by atoms with E-state index in [2.05, 4.69) is 20.5 Å². The minimum absolute atomic E-state index is 0.0449. The zero-order valence-corrected chi connectivity index (χ0v) is 14.0. The second-order valence-corrected chi connectivity index (χ2v) is 7.55. The largest absolute Gasteiger partial charge is 0.272 e. The molecule has 7 nitrogen and oxygen atoms in total. The number of rotatable bonds is 6. The van der Waals surface area contributed by atoms with E-state index in [1.165, 1.54) is 4.68 Å². The Morgan fingerprint density at radius 2 is 1.83 bits per heavy atom. The van der Waals surface area contributed by atoms with Crippen LogP contribution >= 0.6 is 0 Å². The summed E-state index contributed by atoms with van der Waals surface area (Å²) >= 11 is 0. The number of tetrazole rings is 1. The van der Waals surface area contributed by atoms with E-state index in [4.69, 9.17) is 0 Å². The number of aromatic nitrogens is 5. The van der Waals surface area contributed by atoms with Crippen LogP contribution in [0, 0.1) is 5.92 Å². The lowest BCUT2D eigenvalue weighted by atomic mass is 10.1. The highest BCUT2D eigenvalue weighted by molar-refractivity contribution is 7.91. The normalized spacial score (nSPS) is 12.9. The van der Waals surface area contributed by atoms with Crippen LogP contribution < -0.4 is 0 Å². The molecule has 0 saturated carbocycles. The fourth-order valence-electron chi connectivity index (χ4n) is 2.49. The molecule has 3 aromatic rings. The van der Waals surface area contributed by atoms with Crippen LogP contribution in [0.4, 0.5) is 0 Å². The first kappa shape index (κ1) is 16.3. The quantitative estimate of drug-likeness (QED) is 0.677. The van der Waals surface area contributed by atoms with Crippen molar-refractivity contribution in [2.45, 2.75) is 18.5 Å². The summed E-state index contributed by atoms with van der Waals surface area (Å²) in [5, 5.41) is 10.9. The van der Waals surface area contributed by atoms with Crippen LogP contribution in [0.5, 0.6) is 0 Å². The summed E-state index contributed by atoms with van der Waals surface area (Å²) < 4.78 is 26.7. The van der Waals surface area contributed by atoms with Crippen molar-refractivity contribution in [3.63, 3.8) is 0 Å². The highest BCUT2D eigenvalue weighted by Gasteiger charge is 2.26. The number of pyridine rings is 1. The van der Waals surface area contributed by atoms with Gasteiger partial charge in [-0.25, -0.2) is 8.42 Å². The van der Waals surface area contributed by atoms with Crippen LogP contribution in [0.3, 0.4) is 0 Å². The van der Waals surface area contributed by atoms with Gasteiger partial charge in [0.2, 0.25) is 9.84 Å². The van der Waals surface area contributed by atoms with Gasteiger partial charge in [0, 0.05) is 11.9 Å². The van der Waals surface area contributed by atoms with E-state index in [9.17, 15) is 8.42 Å². The van der Waals surface area contributed by atoms with Crippen LogP contribution in [0.2, 0.25) is 0 Å². The van der Waals surface area contributed by atoms with E-state index in [-0.39, 0.29) is 16.8 Å². The summed E-state index contributed by atoms with van der Waals surface area (Å²) in [7, 11) is -3.62. The van der Waals surface area contributed by atoms with Crippen molar-refractivity contribution in [2.75, 3.05) is 5.75 Å². The fourth-order valence-corrected chi connectivity index (χ4v) is 4.07. The molecule has 124 valence electrons. The standard InChI is InChI=1S/C16H17N5O2S/c1-13(11-14-7-5-6-10-17-14)12-24(22,23)16-18-19-20-21(16)15-8-3-2-4-9-15/h2-10,13H,11-12H2,1H3. The molecule has 2 aromatic heterocycles. The maximum atomic E-state index is 12.7. The summed E-state index contributed by atoms with van der Waals surface area (Å²) in [5.74, 6) is -0.151. The number of benzene rings is 1. The van der Waals surface area contributed by atoms with E-state index in [0.717, 1.165) is 5.69 Å². The highest BCUT2D eigenvalue weighted by Crippen LogP contribution is 2.17. The van der Waals surface area contributed by atoms with Crippen molar-refractivity contribution < 1.29 is 8.42 Å². The molecule has 0 radical (unpaired) electrons. The smallest absolute Gasteiger partial charge is 0.261 e. The van der Waals surface area contributed by atoms with Gasteiger partial charge in [-0.15, -0.1) is 0 Å². The average molecular weight is 343 g/mol. The lowest BCUT2D eigenvalue weighted by Crippen LogP contribution is -2.20. The Morgan fingerprint density at radius 1 is 1.08 bits per heavy atom. The molecule has 1 unspecified atom stereocenters. The van der Waals surface area contributed by atoms with Gasteiger partial charge in [-0.2, -0.15) is 4.68 Å². The predicted molar refractivity (Wildman–Crippen MR) is 88.3 cm³/mol. The first-order valence-corrected chi connectivity index (χ1v) is 9.18. The summed E-state index contributed by atoms with van der Waals surface area (Å²) in [5.41, 5.74) is 1.47. The maximum Gasteiger partial charge on any atom is 0.272 e. The third-order valence-electron chi connectivity index (χ3n) is 3.51. The lowest BCUT2D eigenvalue weighted by Gasteiger charge is -2.11.